The van der Waals surface area contributed by atoms with Gasteiger partial charge in [0.2, 0.25) is 3.79 Å². The van der Waals surface area contributed by atoms with Crippen LogP contribution in [-0.2, 0) is 9.59 Å². The number of nitrogens with two attached hydrogens (primary N) is 1. The van der Waals surface area contributed by atoms with Crippen LogP contribution in [0.3, 0.4) is 0 Å². The lowest BCUT2D eigenvalue weighted by molar-refractivity contribution is -0.121. The minimum absolute atomic E-state index is 0.0528. The Hall–Kier alpha value is -2.39. The minimum atomic E-state index is -2.02. The van der Waals surface area contributed by atoms with Crippen LogP contribution in [0.2, 0.25) is 0 Å². The van der Waals surface area contributed by atoms with Gasteiger partial charge in [-0.3, -0.25) is 9.59 Å². The molecule has 0 aliphatic heterocycles. The maximum atomic E-state index is 11.5. The smallest absolute Gasteiger partial charge is 0.257 e. The average Bonchev–Trinajstić information content (AvgIpc) is 2.67. The van der Waals surface area contributed by atoms with Gasteiger partial charge in [0.25, 0.3) is 5.91 Å². The molecular weight excluding hydrogens is 429 g/mol. The van der Waals surface area contributed by atoms with E-state index in [4.69, 9.17) is 47.0 Å². The normalized spacial score (nSPS) is 11.1. The molecule has 0 spiro atoms. The van der Waals surface area contributed by atoms with Crippen molar-refractivity contribution in [3.05, 3.63) is 71.9 Å². The molecule has 29 heavy (non-hydrogen) atoms. The van der Waals surface area contributed by atoms with E-state index in [0.717, 1.165) is 6.92 Å². The van der Waals surface area contributed by atoms with E-state index in [2.05, 4.69) is 67.0 Å². The zero-order valence-electron chi connectivity index (χ0n) is 15.7. The molecule has 2 aromatic rings. The van der Waals surface area contributed by atoms with Crippen LogP contribution in [0.4, 0.5) is 0 Å². The first-order chi connectivity index (χ1) is 13.7. The van der Waals surface area contributed by atoms with Crippen LogP contribution >= 0.6 is 34.8 Å². The predicted octanol–water partition coefficient (Wildman–Crippen LogP) is 2.25. The van der Waals surface area contributed by atoms with Crippen molar-refractivity contribution in [3.63, 3.8) is 0 Å². The number of allylic oxidation sites excluding steroid dienone is 1. The number of carbonyl (C=O) groups is 2. The van der Waals surface area contributed by atoms with Crippen molar-refractivity contribution in [3.8, 4) is 12.3 Å². The van der Waals surface area contributed by atoms with Gasteiger partial charge in [0.15, 0.2) is 13.1 Å². The van der Waals surface area contributed by atoms with Crippen LogP contribution < -0.4 is 22.0 Å². The van der Waals surface area contributed by atoms with Crippen molar-refractivity contribution in [2.75, 3.05) is 6.54 Å². The third-order valence-electron chi connectivity index (χ3n) is 3.44. The largest absolute Gasteiger partial charge is 0.398 e. The number of benzene rings is 2. The number of alkyl halides is 3. The van der Waals surface area contributed by atoms with Crippen molar-refractivity contribution in [2.45, 2.75) is 10.7 Å². The second-order valence-corrected chi connectivity index (χ2v) is 7.98. The van der Waals surface area contributed by atoms with E-state index in [1.807, 2.05) is 12.1 Å². The Morgan fingerprint density at radius 1 is 1.03 bits per heavy atom. The van der Waals surface area contributed by atoms with Crippen molar-refractivity contribution >= 4 is 64.7 Å². The Morgan fingerprint density at radius 2 is 1.48 bits per heavy atom. The molecule has 149 valence electrons. The van der Waals surface area contributed by atoms with Gasteiger partial charge in [-0.2, -0.15) is 0 Å². The van der Waals surface area contributed by atoms with Gasteiger partial charge in [0.1, 0.15) is 5.57 Å². The highest BCUT2D eigenvalue weighted by Crippen LogP contribution is 2.33. The van der Waals surface area contributed by atoms with Gasteiger partial charge in [-0.15, -0.1) is 6.42 Å². The standard InChI is InChI=1S/C12H10B.C9H9Cl3N2O2/c1-3-7-11(8-4-1)13-12-9-5-2-6-10-12;1-3-4-14-8(16)6(5(2)15)7(13)9(10,11)12/h1-10H;1H,4,13H2,2H3,(H,14,16)/b;7-6-. The molecule has 0 saturated heterocycles. The first kappa shape index (κ1) is 24.7. The molecule has 0 bridgehead atoms. The zero-order valence-corrected chi connectivity index (χ0v) is 17.9. The summed E-state index contributed by atoms with van der Waals surface area (Å²) in [5.74, 6) is 0.783. The molecule has 2 rings (SSSR count). The molecule has 0 unspecified atom stereocenters. The molecule has 0 aliphatic rings. The van der Waals surface area contributed by atoms with Crippen LogP contribution in [-0.4, -0.2) is 29.3 Å². The third-order valence-corrected chi connectivity index (χ3v) is 4.05. The van der Waals surface area contributed by atoms with Crippen molar-refractivity contribution in [1.82, 2.24) is 5.32 Å². The van der Waals surface area contributed by atoms with E-state index in [-0.39, 0.29) is 6.54 Å². The summed E-state index contributed by atoms with van der Waals surface area (Å²) in [5, 5.41) is 2.26. The lowest BCUT2D eigenvalue weighted by Crippen LogP contribution is -2.33. The monoisotopic (exact) mass is 447 g/mol. The van der Waals surface area contributed by atoms with Crippen molar-refractivity contribution in [1.29, 1.82) is 0 Å². The molecule has 8 heteroatoms. The third kappa shape index (κ3) is 9.10. The van der Waals surface area contributed by atoms with Crippen molar-refractivity contribution < 1.29 is 9.59 Å². The molecule has 0 heterocycles. The van der Waals surface area contributed by atoms with E-state index in [1.54, 1.807) is 0 Å². The second-order valence-electron chi connectivity index (χ2n) is 5.70. The summed E-state index contributed by atoms with van der Waals surface area (Å²) < 4.78 is -2.02. The van der Waals surface area contributed by atoms with Crippen molar-refractivity contribution in [2.24, 2.45) is 5.73 Å². The number of Topliss-reactive ketones (excluding diaryl/α,β-unsaturated/α-hetero) is 1. The Labute approximate surface area is 186 Å². The van der Waals surface area contributed by atoms with Gasteiger partial charge in [-0.25, -0.2) is 0 Å². The van der Waals surface area contributed by atoms with Crippen LogP contribution in [0.25, 0.3) is 0 Å². The Kier molecular flexibility index (Phi) is 10.4. The highest BCUT2D eigenvalue weighted by molar-refractivity contribution is 6.69. The Morgan fingerprint density at radius 3 is 1.83 bits per heavy atom. The summed E-state index contributed by atoms with van der Waals surface area (Å²) in [6, 6.07) is 20.7. The molecular formula is C21H19BCl3N2O2. The first-order valence-corrected chi connectivity index (χ1v) is 9.54. The maximum Gasteiger partial charge on any atom is 0.257 e. The van der Waals surface area contributed by atoms with E-state index in [0.29, 0.717) is 0 Å². The van der Waals surface area contributed by atoms with E-state index < -0.39 is 26.8 Å². The second kappa shape index (κ2) is 12.2. The number of halogens is 3. The summed E-state index contributed by atoms with van der Waals surface area (Å²) >= 11 is 16.4. The Balaban J connectivity index is 0.000000294. The van der Waals surface area contributed by atoms with Crippen LogP contribution in [0.1, 0.15) is 6.92 Å². The number of rotatable bonds is 5. The molecule has 0 aromatic heterocycles. The summed E-state index contributed by atoms with van der Waals surface area (Å²) in [4.78, 5) is 22.7. The number of hydrogen-bond acceptors (Lipinski definition) is 3. The van der Waals surface area contributed by atoms with E-state index >= 15 is 0 Å². The lowest BCUT2D eigenvalue weighted by atomic mass is 9.64. The minimum Gasteiger partial charge on any atom is -0.398 e. The van der Waals surface area contributed by atoms with Gasteiger partial charge >= 0.3 is 0 Å². The molecule has 0 saturated carbocycles. The molecule has 0 fully saturated rings. The van der Waals surface area contributed by atoms with Crippen LogP contribution in [0.5, 0.6) is 0 Å². The molecule has 3 N–H and O–H groups in total. The lowest BCUT2D eigenvalue weighted by Gasteiger charge is -2.15. The Bertz CT molecular complexity index is 852. The number of hydrogen-bond donors (Lipinski definition) is 2. The van der Waals surface area contributed by atoms with E-state index in [1.165, 1.54) is 10.9 Å². The van der Waals surface area contributed by atoms with E-state index in [9.17, 15) is 9.59 Å². The van der Waals surface area contributed by atoms with Crippen LogP contribution in [0, 0.1) is 12.3 Å². The summed E-state index contributed by atoms with van der Waals surface area (Å²) in [6.45, 7) is 1.08. The average molecular weight is 449 g/mol. The highest BCUT2D eigenvalue weighted by atomic mass is 35.6. The predicted molar refractivity (Wildman–Crippen MR) is 122 cm³/mol. The first-order valence-electron chi connectivity index (χ1n) is 8.41. The number of terminal acetylenes is 1. The van der Waals surface area contributed by atoms with Gasteiger partial charge in [0, 0.05) is 0 Å². The number of ketones is 1. The quantitative estimate of drug-likeness (QED) is 0.184. The van der Waals surface area contributed by atoms with Crippen LogP contribution in [0.15, 0.2) is 71.9 Å². The van der Waals surface area contributed by atoms with Gasteiger partial charge in [-0.05, 0) is 6.92 Å². The van der Waals surface area contributed by atoms with Gasteiger partial charge < -0.3 is 11.1 Å². The molecule has 0 aliphatic carbocycles. The fourth-order valence-electron chi connectivity index (χ4n) is 2.12. The fourth-order valence-corrected chi connectivity index (χ4v) is 2.41. The highest BCUT2D eigenvalue weighted by Gasteiger charge is 2.31. The zero-order chi connectivity index (χ0) is 21.9. The fraction of sp³-hybridized carbons (Fsp3) is 0.143. The topological polar surface area (TPSA) is 72.2 Å². The molecule has 1 radical (unpaired) electrons. The van der Waals surface area contributed by atoms with Gasteiger partial charge in [0.05, 0.1) is 12.2 Å². The maximum absolute atomic E-state index is 11.5. The molecule has 2 aromatic carbocycles. The summed E-state index contributed by atoms with van der Waals surface area (Å²) in [7, 11) is 2.17. The number of nitrogens with one attached hydrogen (secondary N) is 1. The summed E-state index contributed by atoms with van der Waals surface area (Å²) in [6.07, 6.45) is 4.94. The molecule has 4 nitrogen and oxygen atoms in total. The SMILES string of the molecule is C#CCNC(=O)/C(C(C)=O)=C(\N)C(Cl)(Cl)Cl.[B](c1ccccc1)c1ccccc1. The molecule has 1 amide bonds. The number of carbonyl (C=O) groups excluding carboxylic acids is 2. The van der Waals surface area contributed by atoms with Gasteiger partial charge in [-0.1, -0.05) is 112 Å². The summed E-state index contributed by atoms with van der Waals surface area (Å²) in [5.41, 5.74) is 7.07. The number of amides is 1. The molecule has 0 atom stereocenters.